The molecule has 0 radical (unpaired) electrons. The Balaban J connectivity index is 1.58. The average molecular weight is 322 g/mol. The summed E-state index contributed by atoms with van der Waals surface area (Å²) in [5.74, 6) is 0.923. The van der Waals surface area contributed by atoms with E-state index in [0.717, 1.165) is 25.3 Å². The number of hydrogen-bond acceptors (Lipinski definition) is 2. The van der Waals surface area contributed by atoms with Crippen molar-refractivity contribution in [2.24, 2.45) is 5.73 Å². The normalized spacial score (nSPS) is 11.0. The van der Waals surface area contributed by atoms with E-state index in [1.807, 2.05) is 18.2 Å². The molecule has 0 saturated heterocycles. The molecule has 0 aliphatic carbocycles. The average Bonchev–Trinajstić information content (AvgIpc) is 3.03. The fourth-order valence-corrected chi connectivity index (χ4v) is 2.98. The van der Waals surface area contributed by atoms with Gasteiger partial charge >= 0.3 is 0 Å². The van der Waals surface area contributed by atoms with Gasteiger partial charge in [-0.15, -0.1) is 0 Å². The summed E-state index contributed by atoms with van der Waals surface area (Å²) in [6.07, 6.45) is 6.99. The van der Waals surface area contributed by atoms with Crippen LogP contribution in [-0.2, 0) is 13.2 Å². The van der Waals surface area contributed by atoms with E-state index in [1.54, 1.807) is 0 Å². The summed E-state index contributed by atoms with van der Waals surface area (Å²) in [6, 6.07) is 18.8. The van der Waals surface area contributed by atoms with Crippen LogP contribution in [0.15, 0.2) is 60.8 Å². The van der Waals surface area contributed by atoms with Crippen LogP contribution in [0, 0.1) is 0 Å². The first-order valence-corrected chi connectivity index (χ1v) is 8.82. The Morgan fingerprint density at radius 2 is 1.71 bits per heavy atom. The van der Waals surface area contributed by atoms with E-state index in [-0.39, 0.29) is 0 Å². The van der Waals surface area contributed by atoms with Gasteiger partial charge in [0.05, 0.1) is 0 Å². The van der Waals surface area contributed by atoms with Crippen LogP contribution in [0.1, 0.15) is 31.2 Å². The highest BCUT2D eigenvalue weighted by Crippen LogP contribution is 2.23. The second-order valence-corrected chi connectivity index (χ2v) is 6.21. The molecule has 0 unspecified atom stereocenters. The molecule has 0 fully saturated rings. The Hall–Kier alpha value is -2.26. The van der Waals surface area contributed by atoms with Gasteiger partial charge in [-0.05, 0) is 49.2 Å². The van der Waals surface area contributed by atoms with Crippen molar-refractivity contribution in [2.45, 2.75) is 38.8 Å². The van der Waals surface area contributed by atoms with E-state index in [2.05, 4.69) is 47.2 Å². The molecule has 126 valence electrons. The van der Waals surface area contributed by atoms with Crippen molar-refractivity contribution in [3.63, 3.8) is 0 Å². The Bertz CT molecular complexity index is 749. The maximum atomic E-state index is 5.91. The third-order valence-corrected chi connectivity index (χ3v) is 4.34. The minimum Gasteiger partial charge on any atom is -0.489 e. The number of aryl methyl sites for hydroxylation is 1. The molecular weight excluding hydrogens is 296 g/mol. The van der Waals surface area contributed by atoms with E-state index in [0.29, 0.717) is 6.61 Å². The highest BCUT2D eigenvalue weighted by Gasteiger charge is 2.03. The molecular formula is C21H26N2O. The van der Waals surface area contributed by atoms with Crippen LogP contribution in [-0.4, -0.2) is 11.1 Å². The third kappa shape index (κ3) is 4.39. The fourth-order valence-electron chi connectivity index (χ4n) is 2.98. The molecule has 0 aliphatic rings. The summed E-state index contributed by atoms with van der Waals surface area (Å²) in [5, 5.41) is 1.24. The van der Waals surface area contributed by atoms with E-state index >= 15 is 0 Å². The smallest absolute Gasteiger partial charge is 0.120 e. The van der Waals surface area contributed by atoms with Gasteiger partial charge in [0.1, 0.15) is 12.4 Å². The van der Waals surface area contributed by atoms with E-state index < -0.39 is 0 Å². The number of benzene rings is 2. The van der Waals surface area contributed by atoms with Crippen molar-refractivity contribution in [2.75, 3.05) is 6.54 Å². The van der Waals surface area contributed by atoms with Crippen molar-refractivity contribution in [3.8, 4) is 5.75 Å². The fraction of sp³-hybridized carbons (Fsp3) is 0.333. The highest BCUT2D eigenvalue weighted by molar-refractivity contribution is 5.81. The predicted octanol–water partition coefficient (Wildman–Crippen LogP) is 4.74. The maximum Gasteiger partial charge on any atom is 0.120 e. The standard InChI is InChI=1S/C21H26N2O/c22-13-6-1-2-7-14-23-15-12-19-16-20(10-11-21(19)23)24-17-18-8-4-3-5-9-18/h3-5,8-12,15-16H,1-2,6-7,13-14,17,22H2. The largest absolute Gasteiger partial charge is 0.489 e. The summed E-state index contributed by atoms with van der Waals surface area (Å²) >= 11 is 0. The molecule has 0 aliphatic heterocycles. The van der Waals surface area contributed by atoms with Crippen molar-refractivity contribution in [3.05, 3.63) is 66.4 Å². The van der Waals surface area contributed by atoms with Gasteiger partial charge in [0.25, 0.3) is 0 Å². The topological polar surface area (TPSA) is 40.2 Å². The predicted molar refractivity (Wildman–Crippen MR) is 100 cm³/mol. The van der Waals surface area contributed by atoms with Gasteiger partial charge < -0.3 is 15.0 Å². The van der Waals surface area contributed by atoms with Crippen LogP contribution in [0.4, 0.5) is 0 Å². The van der Waals surface area contributed by atoms with Gasteiger partial charge in [0, 0.05) is 23.6 Å². The van der Waals surface area contributed by atoms with E-state index in [9.17, 15) is 0 Å². The van der Waals surface area contributed by atoms with Crippen molar-refractivity contribution in [1.29, 1.82) is 0 Å². The number of nitrogens with two attached hydrogens (primary N) is 1. The van der Waals surface area contributed by atoms with E-state index in [1.165, 1.54) is 35.7 Å². The highest BCUT2D eigenvalue weighted by atomic mass is 16.5. The lowest BCUT2D eigenvalue weighted by Gasteiger charge is -2.08. The van der Waals surface area contributed by atoms with Crippen LogP contribution in [0.5, 0.6) is 5.75 Å². The lowest BCUT2D eigenvalue weighted by atomic mass is 10.2. The quantitative estimate of drug-likeness (QED) is 0.578. The van der Waals surface area contributed by atoms with Crippen LogP contribution >= 0.6 is 0 Å². The minimum atomic E-state index is 0.605. The summed E-state index contributed by atoms with van der Waals surface area (Å²) in [4.78, 5) is 0. The van der Waals surface area contributed by atoms with Crippen molar-refractivity contribution >= 4 is 10.9 Å². The first-order chi connectivity index (χ1) is 11.9. The van der Waals surface area contributed by atoms with Crippen LogP contribution in [0.2, 0.25) is 0 Å². The molecule has 0 spiro atoms. The van der Waals surface area contributed by atoms with Gasteiger partial charge in [-0.3, -0.25) is 0 Å². The van der Waals surface area contributed by atoms with Gasteiger partial charge in [-0.1, -0.05) is 43.2 Å². The number of nitrogens with zero attached hydrogens (tertiary/aromatic N) is 1. The number of unbranched alkanes of at least 4 members (excludes halogenated alkanes) is 3. The molecule has 0 amide bonds. The molecule has 24 heavy (non-hydrogen) atoms. The zero-order valence-electron chi connectivity index (χ0n) is 14.2. The third-order valence-electron chi connectivity index (χ3n) is 4.34. The number of aromatic nitrogens is 1. The zero-order valence-corrected chi connectivity index (χ0v) is 14.2. The van der Waals surface area contributed by atoms with Crippen LogP contribution in [0.3, 0.4) is 0 Å². The lowest BCUT2D eigenvalue weighted by molar-refractivity contribution is 0.306. The van der Waals surface area contributed by atoms with Crippen LogP contribution in [0.25, 0.3) is 10.9 Å². The molecule has 1 aromatic heterocycles. The molecule has 0 bridgehead atoms. The van der Waals surface area contributed by atoms with Crippen molar-refractivity contribution in [1.82, 2.24) is 4.57 Å². The summed E-state index contributed by atoms with van der Waals surface area (Å²) in [6.45, 7) is 2.48. The monoisotopic (exact) mass is 322 g/mol. The van der Waals surface area contributed by atoms with Gasteiger partial charge in [-0.2, -0.15) is 0 Å². The van der Waals surface area contributed by atoms with Crippen molar-refractivity contribution < 1.29 is 4.74 Å². The lowest BCUT2D eigenvalue weighted by Crippen LogP contribution is -1.99. The molecule has 3 aromatic rings. The van der Waals surface area contributed by atoms with E-state index in [4.69, 9.17) is 10.5 Å². The summed E-state index contributed by atoms with van der Waals surface area (Å²) in [5.41, 5.74) is 8.00. The van der Waals surface area contributed by atoms with Gasteiger partial charge in [-0.25, -0.2) is 0 Å². The SMILES string of the molecule is NCCCCCCn1ccc2cc(OCc3ccccc3)ccc21. The Kier molecular flexibility index (Phi) is 5.91. The number of fused-ring (bicyclic) bond motifs is 1. The maximum absolute atomic E-state index is 5.91. The Morgan fingerprint density at radius 3 is 2.54 bits per heavy atom. The zero-order chi connectivity index (χ0) is 16.6. The minimum absolute atomic E-state index is 0.605. The summed E-state index contributed by atoms with van der Waals surface area (Å²) < 4.78 is 8.25. The first-order valence-electron chi connectivity index (χ1n) is 8.82. The molecule has 2 aromatic carbocycles. The number of hydrogen-bond donors (Lipinski definition) is 1. The first kappa shape index (κ1) is 16.6. The Morgan fingerprint density at radius 1 is 0.875 bits per heavy atom. The van der Waals surface area contributed by atoms with Gasteiger partial charge in [0.15, 0.2) is 0 Å². The second kappa shape index (κ2) is 8.55. The summed E-state index contributed by atoms with van der Waals surface area (Å²) in [7, 11) is 0. The molecule has 0 atom stereocenters. The molecule has 1 heterocycles. The molecule has 0 saturated carbocycles. The number of ether oxygens (including phenoxy) is 1. The Labute approximate surface area is 144 Å². The van der Waals surface area contributed by atoms with Gasteiger partial charge in [0.2, 0.25) is 0 Å². The van der Waals surface area contributed by atoms with Crippen LogP contribution < -0.4 is 10.5 Å². The molecule has 3 nitrogen and oxygen atoms in total. The second-order valence-electron chi connectivity index (χ2n) is 6.21. The molecule has 3 heteroatoms. The molecule has 2 N–H and O–H groups in total. The number of rotatable bonds is 9. The molecule has 3 rings (SSSR count).